The van der Waals surface area contributed by atoms with Crippen LogP contribution in [0.4, 0.5) is 0 Å². The second-order valence-corrected chi connectivity index (χ2v) is 2.89. The first-order valence-electron chi connectivity index (χ1n) is 3.05. The van der Waals surface area contributed by atoms with Gasteiger partial charge >= 0.3 is 0 Å². The Balaban J connectivity index is 2.50. The first-order chi connectivity index (χ1) is 4.83. The van der Waals surface area contributed by atoms with Crippen LogP contribution in [-0.4, -0.2) is 6.04 Å². The summed E-state index contributed by atoms with van der Waals surface area (Å²) in [7, 11) is 0. The van der Waals surface area contributed by atoms with Crippen molar-refractivity contribution >= 4 is 11.3 Å². The Hall–Kier alpha value is -0.780. The maximum absolute atomic E-state index is 5.53. The summed E-state index contributed by atoms with van der Waals surface area (Å²) in [5.41, 5.74) is 6.76. The van der Waals surface area contributed by atoms with Crippen LogP contribution in [0.5, 0.6) is 0 Å². The Labute approximate surface area is 64.9 Å². The summed E-state index contributed by atoms with van der Waals surface area (Å²) in [5, 5.41) is 4.09. The Morgan fingerprint density at radius 1 is 1.80 bits per heavy atom. The van der Waals surface area contributed by atoms with Crippen molar-refractivity contribution in [3.05, 3.63) is 22.4 Å². The van der Waals surface area contributed by atoms with Gasteiger partial charge in [-0.25, -0.2) is 0 Å². The van der Waals surface area contributed by atoms with E-state index < -0.39 is 0 Å². The van der Waals surface area contributed by atoms with Crippen molar-refractivity contribution < 1.29 is 0 Å². The van der Waals surface area contributed by atoms with Crippen LogP contribution in [0.15, 0.2) is 16.8 Å². The zero-order valence-corrected chi connectivity index (χ0v) is 6.40. The first-order valence-corrected chi connectivity index (χ1v) is 4.00. The van der Waals surface area contributed by atoms with Crippen molar-refractivity contribution in [1.82, 2.24) is 0 Å². The molecule has 1 aromatic heterocycles. The molecule has 0 spiro atoms. The second kappa shape index (κ2) is 3.40. The molecule has 0 fully saturated rings. The van der Waals surface area contributed by atoms with Gasteiger partial charge < -0.3 is 5.73 Å². The lowest BCUT2D eigenvalue weighted by Crippen LogP contribution is -2.19. The maximum atomic E-state index is 5.53. The van der Waals surface area contributed by atoms with Crippen molar-refractivity contribution in [2.45, 2.75) is 12.5 Å². The third kappa shape index (κ3) is 1.87. The van der Waals surface area contributed by atoms with Crippen molar-refractivity contribution in [3.63, 3.8) is 0 Å². The van der Waals surface area contributed by atoms with E-state index in [0.29, 0.717) is 0 Å². The Bertz CT molecular complexity index is 220. The fraction of sp³-hybridized carbons (Fsp3) is 0.250. The molecule has 1 aromatic rings. The number of terminal acetylenes is 1. The highest BCUT2D eigenvalue weighted by Crippen LogP contribution is 2.07. The van der Waals surface area contributed by atoms with E-state index in [-0.39, 0.29) is 6.04 Å². The summed E-state index contributed by atoms with van der Waals surface area (Å²) < 4.78 is 0. The van der Waals surface area contributed by atoms with Gasteiger partial charge in [-0.05, 0) is 28.8 Å². The number of rotatable bonds is 2. The van der Waals surface area contributed by atoms with Crippen LogP contribution in [0.1, 0.15) is 5.56 Å². The van der Waals surface area contributed by atoms with Crippen LogP contribution in [0.3, 0.4) is 0 Å². The molecule has 0 aromatic carbocycles. The summed E-state index contributed by atoms with van der Waals surface area (Å²) in [5.74, 6) is 2.49. The molecule has 0 aliphatic heterocycles. The molecular weight excluding hydrogens is 142 g/mol. The standard InChI is InChI=1S/C8H9NS/c1-2-8(9)5-7-3-4-10-6-7/h1,3-4,6,8H,5,9H2. The number of thiophene rings is 1. The van der Waals surface area contributed by atoms with E-state index in [1.807, 2.05) is 11.4 Å². The van der Waals surface area contributed by atoms with Gasteiger partial charge in [0.1, 0.15) is 0 Å². The van der Waals surface area contributed by atoms with Gasteiger partial charge in [-0.3, -0.25) is 0 Å². The summed E-state index contributed by atoms with van der Waals surface area (Å²) in [6.45, 7) is 0. The molecule has 10 heavy (non-hydrogen) atoms. The van der Waals surface area contributed by atoms with Gasteiger partial charge in [-0.2, -0.15) is 11.3 Å². The fourth-order valence-electron chi connectivity index (χ4n) is 0.722. The topological polar surface area (TPSA) is 26.0 Å². The van der Waals surface area contributed by atoms with Crippen molar-refractivity contribution in [2.24, 2.45) is 5.73 Å². The molecular formula is C8H9NS. The molecule has 2 heteroatoms. The Morgan fingerprint density at radius 2 is 2.60 bits per heavy atom. The lowest BCUT2D eigenvalue weighted by Gasteiger charge is -1.99. The van der Waals surface area contributed by atoms with E-state index in [4.69, 9.17) is 12.2 Å². The lowest BCUT2D eigenvalue weighted by molar-refractivity contribution is 0.839. The average molecular weight is 151 g/mol. The van der Waals surface area contributed by atoms with E-state index in [0.717, 1.165) is 6.42 Å². The molecule has 0 saturated carbocycles. The molecule has 1 unspecified atom stereocenters. The lowest BCUT2D eigenvalue weighted by atomic mass is 10.1. The highest BCUT2D eigenvalue weighted by Gasteiger charge is 1.98. The molecule has 0 aliphatic carbocycles. The van der Waals surface area contributed by atoms with Gasteiger partial charge in [0, 0.05) is 0 Å². The van der Waals surface area contributed by atoms with Crippen molar-refractivity contribution in [2.75, 3.05) is 0 Å². The summed E-state index contributed by atoms with van der Waals surface area (Å²) >= 11 is 1.67. The molecule has 1 heterocycles. The summed E-state index contributed by atoms with van der Waals surface area (Å²) in [6.07, 6.45) is 5.91. The maximum Gasteiger partial charge on any atom is 0.0703 e. The molecule has 1 rings (SSSR count). The third-order valence-electron chi connectivity index (χ3n) is 1.25. The first kappa shape index (κ1) is 7.33. The van der Waals surface area contributed by atoms with E-state index in [1.54, 1.807) is 11.3 Å². The zero-order chi connectivity index (χ0) is 7.40. The van der Waals surface area contributed by atoms with Gasteiger partial charge in [-0.15, -0.1) is 6.42 Å². The Kier molecular flexibility index (Phi) is 2.49. The summed E-state index contributed by atoms with van der Waals surface area (Å²) in [6, 6.07) is 1.91. The van der Waals surface area contributed by atoms with E-state index in [9.17, 15) is 0 Å². The van der Waals surface area contributed by atoms with Crippen LogP contribution < -0.4 is 5.73 Å². The van der Waals surface area contributed by atoms with Crippen molar-refractivity contribution in [3.8, 4) is 12.3 Å². The van der Waals surface area contributed by atoms with Gasteiger partial charge in [-0.1, -0.05) is 5.92 Å². The molecule has 0 radical (unpaired) electrons. The Morgan fingerprint density at radius 3 is 3.10 bits per heavy atom. The van der Waals surface area contributed by atoms with Crippen LogP contribution >= 0.6 is 11.3 Å². The molecule has 0 amide bonds. The molecule has 1 atom stereocenters. The van der Waals surface area contributed by atoms with Gasteiger partial charge in [0.15, 0.2) is 0 Å². The van der Waals surface area contributed by atoms with Crippen LogP contribution in [0, 0.1) is 12.3 Å². The highest BCUT2D eigenvalue weighted by atomic mass is 32.1. The fourth-order valence-corrected chi connectivity index (χ4v) is 1.40. The van der Waals surface area contributed by atoms with Crippen LogP contribution in [0.2, 0.25) is 0 Å². The highest BCUT2D eigenvalue weighted by molar-refractivity contribution is 7.07. The zero-order valence-electron chi connectivity index (χ0n) is 5.58. The molecule has 0 aliphatic rings. The number of nitrogens with two attached hydrogens (primary N) is 1. The predicted molar refractivity (Wildman–Crippen MR) is 44.8 cm³/mol. The monoisotopic (exact) mass is 151 g/mol. The van der Waals surface area contributed by atoms with Gasteiger partial charge in [0.2, 0.25) is 0 Å². The van der Waals surface area contributed by atoms with E-state index in [1.165, 1.54) is 5.56 Å². The summed E-state index contributed by atoms with van der Waals surface area (Å²) in [4.78, 5) is 0. The largest absolute Gasteiger partial charge is 0.317 e. The predicted octanol–water partition coefficient (Wildman–Crippen LogP) is 1.25. The molecule has 1 nitrogen and oxygen atoms in total. The van der Waals surface area contributed by atoms with Crippen LogP contribution in [-0.2, 0) is 6.42 Å². The van der Waals surface area contributed by atoms with Crippen molar-refractivity contribution in [1.29, 1.82) is 0 Å². The van der Waals surface area contributed by atoms with Gasteiger partial charge in [0.05, 0.1) is 6.04 Å². The average Bonchev–Trinajstić information content (AvgIpc) is 2.40. The van der Waals surface area contributed by atoms with Crippen LogP contribution in [0.25, 0.3) is 0 Å². The number of hydrogen-bond acceptors (Lipinski definition) is 2. The minimum Gasteiger partial charge on any atom is -0.317 e. The minimum absolute atomic E-state index is 0.130. The SMILES string of the molecule is C#CC(N)Cc1ccsc1. The normalized spacial score (nSPS) is 12.4. The molecule has 0 bridgehead atoms. The molecule has 52 valence electrons. The van der Waals surface area contributed by atoms with Gasteiger partial charge in [0.25, 0.3) is 0 Å². The number of hydrogen-bond donors (Lipinski definition) is 1. The third-order valence-corrected chi connectivity index (χ3v) is 1.98. The quantitative estimate of drug-likeness (QED) is 0.632. The smallest absolute Gasteiger partial charge is 0.0703 e. The van der Waals surface area contributed by atoms with E-state index in [2.05, 4.69) is 11.3 Å². The molecule has 2 N–H and O–H groups in total. The molecule has 0 saturated heterocycles. The minimum atomic E-state index is -0.130. The van der Waals surface area contributed by atoms with E-state index >= 15 is 0 Å². The second-order valence-electron chi connectivity index (χ2n) is 2.11.